The Balaban J connectivity index is 1.54. The van der Waals surface area contributed by atoms with Crippen molar-refractivity contribution < 1.29 is 14.7 Å². The van der Waals surface area contributed by atoms with Crippen molar-refractivity contribution in [3.63, 3.8) is 0 Å². The van der Waals surface area contributed by atoms with Gasteiger partial charge in [0.05, 0.1) is 41.4 Å². The lowest BCUT2D eigenvalue weighted by molar-refractivity contribution is -0.148. The molecule has 2 aliphatic heterocycles. The molecular formula is C25H26N8O3. The Hall–Kier alpha value is -4.17. The molecule has 1 fully saturated rings. The quantitative estimate of drug-likeness (QED) is 0.565. The summed E-state index contributed by atoms with van der Waals surface area (Å²) in [7, 11) is 1.76. The van der Waals surface area contributed by atoms with Gasteiger partial charge >= 0.3 is 12.0 Å². The minimum Gasteiger partial charge on any atom is -0.394 e. The molecule has 11 nitrogen and oxygen atoms in total. The minimum absolute atomic E-state index is 0.0628. The average Bonchev–Trinajstić information content (AvgIpc) is 2.88. The van der Waals surface area contributed by atoms with Crippen LogP contribution in [-0.2, 0) is 11.3 Å². The van der Waals surface area contributed by atoms with E-state index >= 15 is 0 Å². The molecule has 0 saturated carbocycles. The van der Waals surface area contributed by atoms with E-state index in [2.05, 4.69) is 19.8 Å². The van der Waals surface area contributed by atoms with Crippen molar-refractivity contribution in [1.82, 2.24) is 29.7 Å². The monoisotopic (exact) mass is 486 g/mol. The van der Waals surface area contributed by atoms with Crippen LogP contribution in [0.2, 0.25) is 0 Å². The number of anilines is 1. The fourth-order valence-corrected chi connectivity index (χ4v) is 4.80. The number of pyridine rings is 2. The summed E-state index contributed by atoms with van der Waals surface area (Å²) in [5, 5.41) is 10.1. The third kappa shape index (κ3) is 4.09. The van der Waals surface area contributed by atoms with Gasteiger partial charge in [-0.05, 0) is 38.8 Å². The van der Waals surface area contributed by atoms with Crippen molar-refractivity contribution in [2.45, 2.75) is 44.9 Å². The Morgan fingerprint density at radius 2 is 1.83 bits per heavy atom. The number of aromatic nitrogens is 4. The maximum absolute atomic E-state index is 13.5. The average molecular weight is 487 g/mol. The largest absolute Gasteiger partial charge is 0.394 e. The highest BCUT2D eigenvalue weighted by molar-refractivity contribution is 6.04. The van der Waals surface area contributed by atoms with Gasteiger partial charge in [-0.25, -0.2) is 9.78 Å². The number of carbonyl (C=O) groups is 2. The number of amides is 3. The van der Waals surface area contributed by atoms with E-state index < -0.39 is 5.60 Å². The summed E-state index contributed by atoms with van der Waals surface area (Å²) < 4.78 is 0. The van der Waals surface area contributed by atoms with E-state index in [4.69, 9.17) is 11.6 Å². The van der Waals surface area contributed by atoms with E-state index in [0.717, 1.165) is 11.3 Å². The Morgan fingerprint density at radius 1 is 1.14 bits per heavy atom. The summed E-state index contributed by atoms with van der Waals surface area (Å²) >= 11 is 0. The van der Waals surface area contributed by atoms with Gasteiger partial charge in [-0.15, -0.1) is 6.57 Å². The highest BCUT2D eigenvalue weighted by Crippen LogP contribution is 2.38. The first-order valence-electron chi connectivity index (χ1n) is 11.7. The Morgan fingerprint density at radius 3 is 2.47 bits per heavy atom. The molecule has 3 amide bonds. The molecule has 5 heterocycles. The zero-order valence-electron chi connectivity index (χ0n) is 20.3. The van der Waals surface area contributed by atoms with Crippen molar-refractivity contribution >= 4 is 34.6 Å². The van der Waals surface area contributed by atoms with Crippen molar-refractivity contribution in [3.8, 4) is 11.3 Å². The van der Waals surface area contributed by atoms with E-state index in [9.17, 15) is 14.7 Å². The van der Waals surface area contributed by atoms with Gasteiger partial charge in [0.2, 0.25) is 0 Å². The maximum Gasteiger partial charge on any atom is 0.371 e. The first-order valence-corrected chi connectivity index (χ1v) is 11.7. The molecule has 0 spiro atoms. The number of hydrogen-bond acceptors (Lipinski definition) is 7. The third-order valence-electron chi connectivity index (χ3n) is 6.62. The lowest BCUT2D eigenvalue weighted by atomic mass is 9.98. The van der Waals surface area contributed by atoms with Crippen LogP contribution in [0.4, 0.5) is 16.4 Å². The zero-order chi connectivity index (χ0) is 25.6. The van der Waals surface area contributed by atoms with Crippen LogP contribution in [0.3, 0.4) is 0 Å². The molecular weight excluding hydrogens is 460 g/mol. The number of nitrogens with zero attached hydrogens (tertiary/aromatic N) is 8. The van der Waals surface area contributed by atoms with E-state index in [-0.39, 0.29) is 23.9 Å². The molecule has 1 saturated heterocycles. The van der Waals surface area contributed by atoms with Gasteiger partial charge in [-0.1, -0.05) is 0 Å². The number of fused-ring (bicyclic) bond motifs is 3. The van der Waals surface area contributed by atoms with Gasteiger partial charge in [-0.2, -0.15) is 9.97 Å². The smallest absolute Gasteiger partial charge is 0.371 e. The molecule has 0 aromatic carbocycles. The first kappa shape index (κ1) is 23.6. The predicted molar refractivity (Wildman–Crippen MR) is 132 cm³/mol. The van der Waals surface area contributed by atoms with Gasteiger partial charge in [0.25, 0.3) is 5.91 Å². The normalized spacial score (nSPS) is 16.8. The van der Waals surface area contributed by atoms with Crippen LogP contribution in [0.5, 0.6) is 0 Å². The van der Waals surface area contributed by atoms with E-state index in [1.54, 1.807) is 40.3 Å². The fraction of sp³-hybridized carbons (Fsp3) is 0.400. The zero-order valence-corrected chi connectivity index (χ0v) is 20.3. The van der Waals surface area contributed by atoms with Gasteiger partial charge < -0.3 is 19.8 Å². The summed E-state index contributed by atoms with van der Waals surface area (Å²) in [6.07, 6.45) is 6.06. The van der Waals surface area contributed by atoms with Crippen LogP contribution in [0.25, 0.3) is 27.1 Å². The van der Waals surface area contributed by atoms with Crippen LogP contribution < -0.4 is 4.90 Å². The summed E-state index contributed by atoms with van der Waals surface area (Å²) in [6.45, 7) is 11.3. The lowest BCUT2D eigenvalue weighted by Gasteiger charge is -2.43. The second kappa shape index (κ2) is 8.80. The number of aliphatic hydroxyl groups is 1. The molecule has 36 heavy (non-hydrogen) atoms. The van der Waals surface area contributed by atoms with Crippen molar-refractivity contribution in [3.05, 3.63) is 47.7 Å². The third-order valence-corrected chi connectivity index (χ3v) is 6.62. The topological polar surface area (TPSA) is 120 Å². The molecule has 3 aromatic heterocycles. The first-order chi connectivity index (χ1) is 17.2. The molecule has 11 heteroatoms. The number of rotatable bonds is 3. The summed E-state index contributed by atoms with van der Waals surface area (Å²) in [5.41, 5.74) is 2.74. The molecule has 0 unspecified atom stereocenters. The maximum atomic E-state index is 13.5. The Bertz CT molecular complexity index is 1390. The second-order valence-electron chi connectivity index (χ2n) is 9.67. The highest BCUT2D eigenvalue weighted by atomic mass is 16.3. The summed E-state index contributed by atoms with van der Waals surface area (Å²) in [6, 6.07) is 3.41. The minimum atomic E-state index is -1.43. The second-order valence-corrected chi connectivity index (χ2v) is 9.67. The van der Waals surface area contributed by atoms with Gasteiger partial charge in [0.15, 0.2) is 0 Å². The van der Waals surface area contributed by atoms with E-state index in [1.807, 2.05) is 12.1 Å². The lowest BCUT2D eigenvalue weighted by Crippen LogP contribution is -2.56. The molecule has 5 rings (SSSR count). The number of urea groups is 1. The van der Waals surface area contributed by atoms with Gasteiger partial charge in [0, 0.05) is 37.9 Å². The van der Waals surface area contributed by atoms with Gasteiger partial charge in [-0.3, -0.25) is 14.7 Å². The molecule has 3 aromatic rings. The molecule has 0 aliphatic carbocycles. The SMILES string of the molecule is [C-]#[N+]c1ncc(-c2ccc3ncc4c(c3n2)N(C2CCN(C(=O)C(C)(C)O)CC2)C(=O)N(C)C4)cn1. The highest BCUT2D eigenvalue weighted by Gasteiger charge is 2.39. The number of carbonyl (C=O) groups excluding carboxylic acids is 2. The standard InChI is InChI=1S/C25H26N8O3/c1-25(2,36)22(34)32-9-7-17(8-10-32)33-21-16(14-31(4)24(33)35)13-27-19-6-5-18(30-20(19)21)15-11-28-23(26-3)29-12-15/h5-6,11-13,17,36H,7-10,14H2,1-2,4H3. The molecule has 1 N–H and O–H groups in total. The molecule has 0 atom stereocenters. The number of hydrogen-bond donors (Lipinski definition) is 1. The Labute approximate surface area is 208 Å². The van der Waals surface area contributed by atoms with Crippen LogP contribution in [0.15, 0.2) is 30.7 Å². The van der Waals surface area contributed by atoms with Crippen LogP contribution >= 0.6 is 0 Å². The van der Waals surface area contributed by atoms with E-state index in [1.165, 1.54) is 13.8 Å². The van der Waals surface area contributed by atoms with E-state index in [0.29, 0.717) is 54.8 Å². The van der Waals surface area contributed by atoms with Crippen LogP contribution in [-0.4, -0.2) is 78.6 Å². The van der Waals surface area contributed by atoms with Crippen molar-refractivity contribution in [2.24, 2.45) is 0 Å². The Kier molecular flexibility index (Phi) is 5.76. The summed E-state index contributed by atoms with van der Waals surface area (Å²) in [5.74, 6) is -0.247. The molecule has 184 valence electrons. The predicted octanol–water partition coefficient (Wildman–Crippen LogP) is 2.77. The van der Waals surface area contributed by atoms with Crippen LogP contribution in [0.1, 0.15) is 32.3 Å². The number of likely N-dealkylation sites (tertiary alicyclic amines) is 1. The van der Waals surface area contributed by atoms with Gasteiger partial charge in [0.1, 0.15) is 11.1 Å². The molecule has 0 bridgehead atoms. The fourth-order valence-electron chi connectivity index (χ4n) is 4.80. The van der Waals surface area contributed by atoms with Crippen molar-refractivity contribution in [2.75, 3.05) is 25.0 Å². The summed E-state index contributed by atoms with van der Waals surface area (Å²) in [4.78, 5) is 51.9. The van der Waals surface area contributed by atoms with Crippen molar-refractivity contribution in [1.29, 1.82) is 0 Å². The molecule has 2 aliphatic rings. The number of piperidine rings is 1. The molecule has 0 radical (unpaired) electrons. The van der Waals surface area contributed by atoms with Crippen LogP contribution in [0, 0.1) is 6.57 Å².